The Morgan fingerprint density at radius 3 is 1.68 bits per heavy atom. The Labute approximate surface area is 107 Å². The van der Waals surface area contributed by atoms with Crippen LogP contribution in [0.1, 0.15) is 11.1 Å². The number of halogens is 4. The van der Waals surface area contributed by atoms with Crippen molar-refractivity contribution in [3.8, 4) is 0 Å². The van der Waals surface area contributed by atoms with Crippen LogP contribution < -0.4 is 0 Å². The summed E-state index contributed by atoms with van der Waals surface area (Å²) >= 11 is 0. The number of aliphatic hydroxyl groups is 1. The van der Waals surface area contributed by atoms with E-state index in [1.54, 1.807) is 6.07 Å². The zero-order valence-electron chi connectivity index (χ0n) is 9.66. The third kappa shape index (κ3) is 2.33. The van der Waals surface area contributed by atoms with Crippen molar-refractivity contribution in [2.24, 2.45) is 0 Å². The van der Waals surface area contributed by atoms with Crippen LogP contribution in [0, 0.1) is 5.82 Å². The van der Waals surface area contributed by atoms with Gasteiger partial charge in [-0.3, -0.25) is 0 Å². The molecule has 0 aliphatic heterocycles. The summed E-state index contributed by atoms with van der Waals surface area (Å²) in [5.41, 5.74) is -3.89. The van der Waals surface area contributed by atoms with Crippen LogP contribution in [0.25, 0.3) is 0 Å². The monoisotopic (exact) mass is 269 g/mol. The van der Waals surface area contributed by atoms with Crippen molar-refractivity contribution in [3.63, 3.8) is 0 Å². The first kappa shape index (κ1) is 13.5. The standard InChI is InChI=1S/C14H10F4O/c15-12-8-6-11(7-9-12)13(19,14(16,17)18)10-4-2-1-3-5-10/h1-9,19H/i16-1. The van der Waals surface area contributed by atoms with Gasteiger partial charge in [0.05, 0.1) is 0 Å². The molecule has 100 valence electrons. The predicted molar refractivity (Wildman–Crippen MR) is 61.9 cm³/mol. The number of benzene rings is 2. The van der Waals surface area contributed by atoms with Crippen LogP contribution in [-0.4, -0.2) is 11.3 Å². The molecule has 0 spiro atoms. The molecule has 2 rings (SSSR count). The molecule has 0 bridgehead atoms. The fraction of sp³-hybridized carbons (Fsp3) is 0.143. The van der Waals surface area contributed by atoms with Crippen molar-refractivity contribution in [1.29, 1.82) is 0 Å². The normalized spacial score (nSPS) is 15.0. The third-order valence-electron chi connectivity index (χ3n) is 2.86. The molecular formula is C14H10F4O. The second kappa shape index (κ2) is 4.66. The van der Waals surface area contributed by atoms with Gasteiger partial charge >= 0.3 is 6.18 Å². The summed E-state index contributed by atoms with van der Waals surface area (Å²) in [6.07, 6.45) is -4.91. The maximum atomic E-state index is 13.2. The van der Waals surface area contributed by atoms with Crippen LogP contribution in [0.4, 0.5) is 17.6 Å². The molecule has 2 aromatic carbocycles. The van der Waals surface area contributed by atoms with E-state index in [2.05, 4.69) is 0 Å². The van der Waals surface area contributed by atoms with E-state index in [0.717, 1.165) is 24.3 Å². The average Bonchev–Trinajstić information content (AvgIpc) is 2.38. The zero-order chi connectivity index (χ0) is 14.1. The Hall–Kier alpha value is -1.88. The lowest BCUT2D eigenvalue weighted by molar-refractivity contribution is -0.248. The highest BCUT2D eigenvalue weighted by Crippen LogP contribution is 2.43. The highest BCUT2D eigenvalue weighted by atomic mass is 19.3. The molecule has 0 aliphatic rings. The highest BCUT2D eigenvalue weighted by molar-refractivity contribution is 5.38. The van der Waals surface area contributed by atoms with E-state index < -0.39 is 23.2 Å². The van der Waals surface area contributed by atoms with Crippen LogP contribution in [0.3, 0.4) is 0 Å². The Bertz CT molecular complexity index is 548. The smallest absolute Gasteiger partial charge is 0.372 e. The molecule has 1 atom stereocenters. The summed E-state index contributed by atoms with van der Waals surface area (Å²) in [7, 11) is 0. The van der Waals surface area contributed by atoms with Gasteiger partial charge in [0.25, 0.3) is 0 Å². The van der Waals surface area contributed by atoms with Gasteiger partial charge in [-0.05, 0) is 23.3 Å². The molecule has 1 N–H and O–H groups in total. The Kier molecular flexibility index (Phi) is 3.32. The van der Waals surface area contributed by atoms with Crippen LogP contribution in [0.15, 0.2) is 54.6 Å². The Morgan fingerprint density at radius 2 is 1.21 bits per heavy atom. The number of hydrogen-bond acceptors (Lipinski definition) is 1. The number of hydrogen-bond donors (Lipinski definition) is 1. The van der Waals surface area contributed by atoms with Crippen molar-refractivity contribution >= 4 is 0 Å². The summed E-state index contributed by atoms with van der Waals surface area (Å²) < 4.78 is 52.5. The van der Waals surface area contributed by atoms with E-state index in [1.807, 2.05) is 0 Å². The zero-order valence-corrected chi connectivity index (χ0v) is 9.66. The average molecular weight is 269 g/mol. The predicted octanol–water partition coefficient (Wildman–Crippen LogP) is 3.62. The molecule has 0 saturated heterocycles. The molecule has 5 heteroatoms. The van der Waals surface area contributed by atoms with Gasteiger partial charge in [0.15, 0.2) is 0 Å². The molecule has 2 aromatic rings. The lowest BCUT2D eigenvalue weighted by atomic mass is 9.85. The number of rotatable bonds is 2. The van der Waals surface area contributed by atoms with Crippen molar-refractivity contribution in [3.05, 3.63) is 71.5 Å². The summed E-state index contributed by atoms with van der Waals surface area (Å²) in [6.45, 7) is 0. The van der Waals surface area contributed by atoms with Crippen molar-refractivity contribution < 1.29 is 22.7 Å². The van der Waals surface area contributed by atoms with Crippen LogP contribution >= 0.6 is 0 Å². The fourth-order valence-corrected chi connectivity index (χ4v) is 1.86. The molecule has 0 amide bonds. The molecule has 0 aromatic heterocycles. The molecule has 0 saturated carbocycles. The quantitative estimate of drug-likeness (QED) is 0.825. The van der Waals surface area contributed by atoms with Crippen LogP contribution in [0.2, 0.25) is 0 Å². The molecule has 0 heterocycles. The summed E-state index contributed by atoms with van der Waals surface area (Å²) in [5.74, 6) is -0.665. The topological polar surface area (TPSA) is 20.2 Å². The minimum Gasteiger partial charge on any atom is -0.372 e. The lowest BCUT2D eigenvalue weighted by Gasteiger charge is -2.31. The first-order valence-electron chi connectivity index (χ1n) is 5.46. The van der Waals surface area contributed by atoms with Gasteiger partial charge in [0.1, 0.15) is 5.82 Å². The SMILES string of the molecule is OC(c1ccccc1)(c1ccc(F)cc1)C(F)(F)[18F]. The minimum atomic E-state index is -4.91. The van der Waals surface area contributed by atoms with E-state index in [-0.39, 0.29) is 5.56 Å². The van der Waals surface area contributed by atoms with E-state index in [4.69, 9.17) is 0 Å². The largest absolute Gasteiger partial charge is 0.425 e. The van der Waals surface area contributed by atoms with Crippen molar-refractivity contribution in [2.45, 2.75) is 11.8 Å². The van der Waals surface area contributed by atoms with Gasteiger partial charge in [0.2, 0.25) is 5.60 Å². The van der Waals surface area contributed by atoms with E-state index in [9.17, 15) is 22.7 Å². The molecule has 1 nitrogen and oxygen atoms in total. The van der Waals surface area contributed by atoms with Crippen molar-refractivity contribution in [2.75, 3.05) is 0 Å². The third-order valence-corrected chi connectivity index (χ3v) is 2.86. The van der Waals surface area contributed by atoms with Gasteiger partial charge in [-0.2, -0.15) is 13.2 Å². The second-order valence-corrected chi connectivity index (χ2v) is 4.08. The summed E-state index contributed by atoms with van der Waals surface area (Å²) in [5, 5.41) is 10.1. The molecule has 0 fully saturated rings. The first-order chi connectivity index (χ1) is 8.85. The molecule has 1 unspecified atom stereocenters. The maximum absolute atomic E-state index is 13.2. The lowest BCUT2D eigenvalue weighted by Crippen LogP contribution is -2.43. The molecule has 0 radical (unpaired) electrons. The maximum Gasteiger partial charge on any atom is 0.425 e. The Morgan fingerprint density at radius 1 is 0.737 bits per heavy atom. The number of alkyl halides is 3. The second-order valence-electron chi connectivity index (χ2n) is 4.08. The van der Waals surface area contributed by atoms with Gasteiger partial charge in [-0.25, -0.2) is 4.39 Å². The van der Waals surface area contributed by atoms with E-state index in [1.165, 1.54) is 24.3 Å². The van der Waals surface area contributed by atoms with Crippen LogP contribution in [-0.2, 0) is 5.60 Å². The van der Waals surface area contributed by atoms with Gasteiger partial charge in [-0.15, -0.1) is 0 Å². The highest BCUT2D eigenvalue weighted by Gasteiger charge is 2.56. The first-order valence-corrected chi connectivity index (χ1v) is 5.46. The molecule has 0 aliphatic carbocycles. The van der Waals surface area contributed by atoms with Gasteiger partial charge in [-0.1, -0.05) is 42.5 Å². The minimum absolute atomic E-state index is 0.311. The van der Waals surface area contributed by atoms with E-state index >= 15 is 0 Å². The summed E-state index contributed by atoms with van der Waals surface area (Å²) in [6, 6.07) is 10.3. The Balaban J connectivity index is 2.63. The van der Waals surface area contributed by atoms with Crippen molar-refractivity contribution in [1.82, 2.24) is 0 Å². The van der Waals surface area contributed by atoms with Gasteiger partial charge in [0, 0.05) is 0 Å². The van der Waals surface area contributed by atoms with Gasteiger partial charge < -0.3 is 5.11 Å². The fourth-order valence-electron chi connectivity index (χ4n) is 1.86. The van der Waals surface area contributed by atoms with E-state index in [0.29, 0.717) is 0 Å². The summed E-state index contributed by atoms with van der Waals surface area (Å²) in [4.78, 5) is 0. The molecule has 19 heavy (non-hydrogen) atoms. The van der Waals surface area contributed by atoms with Crippen LogP contribution in [0.5, 0.6) is 0 Å². The molecular weight excluding hydrogens is 259 g/mol.